The second-order valence-electron chi connectivity index (χ2n) is 4.14. The van der Waals surface area contributed by atoms with Gasteiger partial charge in [-0.2, -0.15) is 13.5 Å². The Balaban J connectivity index is 3.10. The van der Waals surface area contributed by atoms with Gasteiger partial charge in [-0.3, -0.25) is 0 Å². The Morgan fingerprint density at radius 3 is 2.33 bits per heavy atom. The van der Waals surface area contributed by atoms with Gasteiger partial charge in [0.1, 0.15) is 0 Å². The Morgan fingerprint density at radius 1 is 1.47 bits per heavy atom. The van der Waals surface area contributed by atoms with Gasteiger partial charge in [-0.15, -0.1) is 5.10 Å². The van der Waals surface area contributed by atoms with Crippen LogP contribution in [0, 0.1) is 0 Å². The Labute approximate surface area is 84.7 Å². The molecule has 1 aromatic heterocycles. The van der Waals surface area contributed by atoms with Crippen molar-refractivity contribution in [1.82, 2.24) is 15.0 Å². The summed E-state index contributed by atoms with van der Waals surface area (Å²) in [7, 11) is 0. The van der Waals surface area contributed by atoms with Gasteiger partial charge in [-0.25, -0.2) is 4.79 Å². The van der Waals surface area contributed by atoms with E-state index in [1.165, 1.54) is 0 Å². The molecule has 0 fully saturated rings. The lowest BCUT2D eigenvalue weighted by Crippen LogP contribution is -2.33. The molecule has 0 unspecified atom stereocenters. The van der Waals surface area contributed by atoms with Crippen molar-refractivity contribution in [2.45, 2.75) is 32.2 Å². The summed E-state index contributed by atoms with van der Waals surface area (Å²) in [6.07, 6.45) is 0.939. The Morgan fingerprint density at radius 2 is 2.00 bits per heavy atom. The highest BCUT2D eigenvalue weighted by Gasteiger charge is 2.43. The first-order chi connectivity index (χ1) is 6.65. The van der Waals surface area contributed by atoms with Crippen molar-refractivity contribution in [1.29, 1.82) is 0 Å². The number of carbonyl (C=O) groups is 1. The van der Waals surface area contributed by atoms with Gasteiger partial charge in [0.05, 0.1) is 11.9 Å². The lowest BCUT2D eigenvalue weighted by molar-refractivity contribution is -0.183. The van der Waals surface area contributed by atoms with Gasteiger partial charge in [-0.1, -0.05) is 26.0 Å². The van der Waals surface area contributed by atoms with Gasteiger partial charge in [0.2, 0.25) is 0 Å². The fourth-order valence-corrected chi connectivity index (χ4v) is 0.843. The van der Waals surface area contributed by atoms with Crippen molar-refractivity contribution in [3.8, 4) is 0 Å². The van der Waals surface area contributed by atoms with Crippen LogP contribution in [0.15, 0.2) is 6.20 Å². The van der Waals surface area contributed by atoms with Crippen LogP contribution in [0.3, 0.4) is 0 Å². The number of hydrogen-bond donors (Lipinski definition) is 1. The summed E-state index contributed by atoms with van der Waals surface area (Å²) in [5.74, 6) is -2.26. The summed E-state index contributed by atoms with van der Waals surface area (Å²) >= 11 is 0. The molecule has 1 rings (SSSR count). The summed E-state index contributed by atoms with van der Waals surface area (Å²) in [6.45, 7) is 5.29. The topological polar surface area (TPSA) is 68.0 Å². The first-order valence-corrected chi connectivity index (χ1v) is 4.20. The average Bonchev–Trinajstić information content (AvgIpc) is 2.50. The molecule has 0 saturated heterocycles. The number of nitrogens with zero attached hydrogens (tertiary/aromatic N) is 3. The SMILES string of the molecule is CC(C)(C)c1cn(C(F)(F)C(=O)O)nn1. The fraction of sp³-hybridized carbons (Fsp3) is 0.625. The van der Waals surface area contributed by atoms with Crippen LogP contribution in [-0.4, -0.2) is 26.1 Å². The molecule has 0 aliphatic carbocycles. The van der Waals surface area contributed by atoms with E-state index >= 15 is 0 Å². The normalized spacial score (nSPS) is 12.9. The highest BCUT2D eigenvalue weighted by atomic mass is 19.3. The van der Waals surface area contributed by atoms with Crippen LogP contribution in [0.2, 0.25) is 0 Å². The molecule has 84 valence electrons. The number of aromatic nitrogens is 3. The number of halogens is 2. The monoisotopic (exact) mass is 219 g/mol. The Bertz CT molecular complexity index is 381. The van der Waals surface area contributed by atoms with Gasteiger partial charge in [0, 0.05) is 5.41 Å². The maximum absolute atomic E-state index is 12.9. The van der Waals surface area contributed by atoms with E-state index in [9.17, 15) is 13.6 Å². The molecule has 1 aromatic rings. The average molecular weight is 219 g/mol. The quantitative estimate of drug-likeness (QED) is 0.811. The van der Waals surface area contributed by atoms with Crippen LogP contribution in [0.1, 0.15) is 26.5 Å². The highest BCUT2D eigenvalue weighted by Crippen LogP contribution is 2.24. The molecule has 0 atom stereocenters. The molecule has 0 spiro atoms. The second-order valence-corrected chi connectivity index (χ2v) is 4.14. The van der Waals surface area contributed by atoms with E-state index in [1.807, 2.05) is 0 Å². The number of alkyl halides is 2. The van der Waals surface area contributed by atoms with Crippen molar-refractivity contribution in [3.63, 3.8) is 0 Å². The van der Waals surface area contributed by atoms with Crippen molar-refractivity contribution >= 4 is 5.97 Å². The number of carboxylic acids is 1. The predicted octanol–water partition coefficient (Wildman–Crippen LogP) is 1.21. The van der Waals surface area contributed by atoms with Crippen molar-refractivity contribution in [2.24, 2.45) is 0 Å². The van der Waals surface area contributed by atoms with E-state index in [4.69, 9.17) is 5.11 Å². The number of carboxylic acid groups (broad SMARTS) is 1. The maximum atomic E-state index is 12.9. The van der Waals surface area contributed by atoms with Crippen LogP contribution in [-0.2, 0) is 16.3 Å². The lowest BCUT2D eigenvalue weighted by Gasteiger charge is -2.13. The summed E-state index contributed by atoms with van der Waals surface area (Å²) in [4.78, 5) is 10.2. The van der Waals surface area contributed by atoms with Gasteiger partial charge in [0.15, 0.2) is 0 Å². The molecule has 0 amide bonds. The first kappa shape index (κ1) is 11.5. The molecule has 15 heavy (non-hydrogen) atoms. The van der Waals surface area contributed by atoms with Gasteiger partial charge in [-0.05, 0) is 0 Å². The van der Waals surface area contributed by atoms with E-state index < -0.39 is 17.4 Å². The zero-order valence-electron chi connectivity index (χ0n) is 8.53. The molecule has 0 bridgehead atoms. The van der Waals surface area contributed by atoms with E-state index in [2.05, 4.69) is 10.3 Å². The van der Waals surface area contributed by atoms with E-state index in [0.29, 0.717) is 5.69 Å². The maximum Gasteiger partial charge on any atom is 0.442 e. The largest absolute Gasteiger partial charge is 0.475 e. The zero-order valence-corrected chi connectivity index (χ0v) is 8.53. The molecule has 0 aliphatic rings. The third-order valence-electron chi connectivity index (χ3n) is 1.81. The molecular formula is C8H11F2N3O2. The molecule has 0 saturated carbocycles. The van der Waals surface area contributed by atoms with Crippen molar-refractivity contribution in [2.75, 3.05) is 0 Å². The zero-order chi connectivity index (χ0) is 11.9. The molecule has 7 heteroatoms. The summed E-state index contributed by atoms with van der Waals surface area (Å²) in [6, 6.07) is -4.06. The van der Waals surface area contributed by atoms with Crippen LogP contribution in [0.5, 0.6) is 0 Å². The molecule has 0 radical (unpaired) electrons. The molecule has 0 aliphatic heterocycles. The highest BCUT2D eigenvalue weighted by molar-refractivity contribution is 5.72. The number of aliphatic carboxylic acids is 1. The van der Waals surface area contributed by atoms with Gasteiger partial charge >= 0.3 is 12.0 Å². The minimum absolute atomic E-state index is 0.0515. The summed E-state index contributed by atoms with van der Waals surface area (Å²) < 4.78 is 25.9. The van der Waals surface area contributed by atoms with Crippen LogP contribution < -0.4 is 0 Å². The van der Waals surface area contributed by atoms with E-state index in [0.717, 1.165) is 6.20 Å². The third kappa shape index (κ3) is 2.11. The molecule has 0 aromatic carbocycles. The van der Waals surface area contributed by atoms with Crippen molar-refractivity contribution < 1.29 is 18.7 Å². The second kappa shape index (κ2) is 3.25. The summed E-state index contributed by atoms with van der Waals surface area (Å²) in [5, 5.41) is 14.9. The standard InChI is InChI=1S/C8H11F2N3O2/c1-7(2,3)5-4-13(12-11-5)8(9,10)6(14)15/h4H,1-3H3,(H,14,15). The summed E-state index contributed by atoms with van der Waals surface area (Å²) in [5.41, 5.74) is -0.143. The smallest absolute Gasteiger partial charge is 0.442 e. The molecule has 5 nitrogen and oxygen atoms in total. The number of rotatable bonds is 2. The molecule has 1 N–H and O–H groups in total. The minimum atomic E-state index is -4.06. The van der Waals surface area contributed by atoms with Crippen LogP contribution >= 0.6 is 0 Å². The van der Waals surface area contributed by atoms with E-state index in [-0.39, 0.29) is 4.68 Å². The van der Waals surface area contributed by atoms with Crippen LogP contribution in [0.25, 0.3) is 0 Å². The van der Waals surface area contributed by atoms with Crippen molar-refractivity contribution in [3.05, 3.63) is 11.9 Å². The molecular weight excluding hydrogens is 208 g/mol. The molecule has 1 heterocycles. The fourth-order valence-electron chi connectivity index (χ4n) is 0.843. The van der Waals surface area contributed by atoms with Crippen LogP contribution in [0.4, 0.5) is 8.78 Å². The first-order valence-electron chi connectivity index (χ1n) is 4.20. The Hall–Kier alpha value is -1.53. The van der Waals surface area contributed by atoms with Gasteiger partial charge < -0.3 is 5.11 Å². The number of hydrogen-bond acceptors (Lipinski definition) is 3. The predicted molar refractivity (Wildman–Crippen MR) is 46.5 cm³/mol. The lowest BCUT2D eigenvalue weighted by atomic mass is 9.93. The Kier molecular flexibility index (Phi) is 2.50. The van der Waals surface area contributed by atoms with Gasteiger partial charge in [0.25, 0.3) is 0 Å². The third-order valence-corrected chi connectivity index (χ3v) is 1.81. The minimum Gasteiger partial charge on any atom is -0.475 e. The van der Waals surface area contributed by atoms with E-state index in [1.54, 1.807) is 20.8 Å².